The van der Waals surface area contributed by atoms with Crippen LogP contribution in [0.4, 0.5) is 25.0 Å². The predicted molar refractivity (Wildman–Crippen MR) is 69.0 cm³/mol. The summed E-state index contributed by atoms with van der Waals surface area (Å²) in [7, 11) is 1.23. The number of anilines is 2. The summed E-state index contributed by atoms with van der Waals surface area (Å²) in [5, 5.41) is 8.83. The number of alkyl halides is 2. The van der Waals surface area contributed by atoms with Crippen molar-refractivity contribution in [1.29, 1.82) is 0 Å². The molecule has 0 bridgehead atoms. The maximum atomic E-state index is 13.9. The molecule has 1 atom stereocenters. The van der Waals surface area contributed by atoms with Crippen molar-refractivity contribution in [3.8, 4) is 0 Å². The molecule has 7 nitrogen and oxygen atoms in total. The van der Waals surface area contributed by atoms with Crippen LogP contribution in [0.5, 0.6) is 0 Å². The summed E-state index contributed by atoms with van der Waals surface area (Å²) in [6.07, 6.45) is -2.29. The molecule has 1 fully saturated rings. The number of aliphatic carboxylic acids is 1. The van der Waals surface area contributed by atoms with Gasteiger partial charge in [0.25, 0.3) is 0 Å². The normalized spacial score (nSPS) is 22.8. The predicted octanol–water partition coefficient (Wildman–Crippen LogP) is 1.16. The first kappa shape index (κ1) is 14.2. The van der Waals surface area contributed by atoms with E-state index in [0.29, 0.717) is 0 Å². The number of nitrogens with zero attached hydrogens (tertiary/aromatic N) is 2. The molecule has 2 amide bonds. The van der Waals surface area contributed by atoms with Gasteiger partial charge in [0.15, 0.2) is 0 Å². The molecule has 0 spiro atoms. The van der Waals surface area contributed by atoms with Gasteiger partial charge in [0.05, 0.1) is 17.8 Å². The number of cyclic esters (lactones) is 1. The summed E-state index contributed by atoms with van der Waals surface area (Å²) in [5.41, 5.74) is -0.430. The zero-order valence-corrected chi connectivity index (χ0v) is 11.2. The third kappa shape index (κ3) is 1.81. The Morgan fingerprint density at radius 1 is 1.41 bits per heavy atom. The Labute approximate surface area is 122 Å². The standard InChI is InChI=1S/C13H10F2N2O5/c1-16-8-3-2-6(4-7(8)13(14,15)11(16)20)17-5-9(10(18)19)22-12(17)21/h2-4,9H,5H2,1H3,(H,18,19). The van der Waals surface area contributed by atoms with Crippen molar-refractivity contribution >= 4 is 29.3 Å². The zero-order chi connectivity index (χ0) is 16.2. The number of fused-ring (bicyclic) bond motifs is 1. The summed E-state index contributed by atoms with van der Waals surface area (Å²) in [6.45, 7) is -0.289. The van der Waals surface area contributed by atoms with Gasteiger partial charge in [0, 0.05) is 12.7 Å². The molecule has 1 N–H and O–H groups in total. The molecular weight excluding hydrogens is 302 g/mol. The maximum absolute atomic E-state index is 13.9. The van der Waals surface area contributed by atoms with E-state index in [1.54, 1.807) is 0 Å². The lowest BCUT2D eigenvalue weighted by atomic mass is 10.1. The number of likely N-dealkylation sites (N-methyl/N-ethyl adjacent to an activating group) is 1. The molecule has 1 aromatic carbocycles. The summed E-state index contributed by atoms with van der Waals surface area (Å²) in [6, 6.07) is 3.64. The molecule has 2 aliphatic heterocycles. The van der Waals surface area contributed by atoms with Crippen molar-refractivity contribution in [2.45, 2.75) is 12.0 Å². The topological polar surface area (TPSA) is 87.2 Å². The number of hydrogen-bond donors (Lipinski definition) is 1. The van der Waals surface area contributed by atoms with Crippen molar-refractivity contribution in [2.24, 2.45) is 0 Å². The van der Waals surface area contributed by atoms with Gasteiger partial charge < -0.3 is 14.7 Å². The fourth-order valence-corrected chi connectivity index (χ4v) is 2.47. The summed E-state index contributed by atoms with van der Waals surface area (Å²) >= 11 is 0. The molecule has 2 aliphatic rings. The summed E-state index contributed by atoms with van der Waals surface area (Å²) in [4.78, 5) is 35.8. The lowest BCUT2D eigenvalue weighted by Gasteiger charge is -2.15. The molecule has 1 saturated heterocycles. The number of halogens is 2. The van der Waals surface area contributed by atoms with Crippen molar-refractivity contribution in [3.63, 3.8) is 0 Å². The first-order valence-electron chi connectivity index (χ1n) is 6.25. The maximum Gasteiger partial charge on any atom is 0.415 e. The number of amides is 2. The fourth-order valence-electron chi connectivity index (χ4n) is 2.47. The average molecular weight is 312 g/mol. The number of rotatable bonds is 2. The van der Waals surface area contributed by atoms with Crippen LogP contribution in [0.25, 0.3) is 0 Å². The largest absolute Gasteiger partial charge is 0.478 e. The van der Waals surface area contributed by atoms with Gasteiger partial charge >= 0.3 is 23.9 Å². The first-order chi connectivity index (χ1) is 10.2. The van der Waals surface area contributed by atoms with E-state index < -0.39 is 35.6 Å². The Morgan fingerprint density at radius 3 is 2.68 bits per heavy atom. The van der Waals surface area contributed by atoms with Gasteiger partial charge in [-0.3, -0.25) is 9.69 Å². The lowest BCUT2D eigenvalue weighted by Crippen LogP contribution is -2.31. The van der Waals surface area contributed by atoms with Gasteiger partial charge in [0.2, 0.25) is 6.10 Å². The molecule has 0 aliphatic carbocycles. The second-order valence-corrected chi connectivity index (χ2v) is 4.96. The molecular formula is C13H10F2N2O5. The van der Waals surface area contributed by atoms with E-state index in [0.717, 1.165) is 15.9 Å². The highest BCUT2D eigenvalue weighted by Crippen LogP contribution is 2.45. The average Bonchev–Trinajstić information content (AvgIpc) is 2.93. The second kappa shape index (κ2) is 4.39. The van der Waals surface area contributed by atoms with Gasteiger partial charge in [-0.2, -0.15) is 8.78 Å². The van der Waals surface area contributed by atoms with E-state index in [9.17, 15) is 23.2 Å². The van der Waals surface area contributed by atoms with Crippen molar-refractivity contribution in [1.82, 2.24) is 0 Å². The van der Waals surface area contributed by atoms with E-state index in [2.05, 4.69) is 4.74 Å². The highest BCUT2D eigenvalue weighted by Gasteiger charge is 2.52. The Bertz CT molecular complexity index is 706. The molecule has 22 heavy (non-hydrogen) atoms. The zero-order valence-electron chi connectivity index (χ0n) is 11.2. The number of carbonyl (C=O) groups excluding carboxylic acids is 2. The number of carboxylic acid groups (broad SMARTS) is 1. The van der Waals surface area contributed by atoms with Crippen LogP contribution in [0, 0.1) is 0 Å². The molecule has 9 heteroatoms. The molecule has 0 radical (unpaired) electrons. The highest BCUT2D eigenvalue weighted by atomic mass is 19.3. The fraction of sp³-hybridized carbons (Fsp3) is 0.308. The van der Waals surface area contributed by atoms with Crippen LogP contribution in [0.15, 0.2) is 18.2 Å². The van der Waals surface area contributed by atoms with Gasteiger partial charge in [-0.1, -0.05) is 0 Å². The number of benzene rings is 1. The summed E-state index contributed by atoms with van der Waals surface area (Å²) < 4.78 is 32.5. The van der Waals surface area contributed by atoms with Crippen LogP contribution in [0.3, 0.4) is 0 Å². The Morgan fingerprint density at radius 2 is 2.09 bits per heavy atom. The van der Waals surface area contributed by atoms with Crippen LogP contribution < -0.4 is 9.80 Å². The van der Waals surface area contributed by atoms with Crippen LogP contribution >= 0.6 is 0 Å². The van der Waals surface area contributed by atoms with Gasteiger partial charge in [-0.15, -0.1) is 0 Å². The number of ether oxygens (including phenoxy) is 1. The third-order valence-corrected chi connectivity index (χ3v) is 3.65. The molecule has 0 aromatic heterocycles. The Kier molecular flexibility index (Phi) is 2.84. The molecule has 116 valence electrons. The Balaban J connectivity index is 1.99. The smallest absolute Gasteiger partial charge is 0.415 e. The van der Waals surface area contributed by atoms with Crippen LogP contribution in [-0.2, 0) is 20.2 Å². The first-order valence-corrected chi connectivity index (χ1v) is 6.25. The van der Waals surface area contributed by atoms with Crippen molar-refractivity contribution < 1.29 is 33.0 Å². The number of hydrogen-bond acceptors (Lipinski definition) is 4. The van der Waals surface area contributed by atoms with Gasteiger partial charge in [-0.25, -0.2) is 9.59 Å². The minimum absolute atomic E-state index is 0.0427. The SMILES string of the molecule is CN1C(=O)C(F)(F)c2cc(N3CC(C(=O)O)OC3=O)ccc21. The van der Waals surface area contributed by atoms with Crippen LogP contribution in [-0.4, -0.2) is 42.8 Å². The van der Waals surface area contributed by atoms with Crippen molar-refractivity contribution in [3.05, 3.63) is 23.8 Å². The minimum atomic E-state index is -3.68. The number of carbonyl (C=O) groups is 3. The van der Waals surface area contributed by atoms with E-state index in [1.165, 1.54) is 19.2 Å². The lowest BCUT2D eigenvalue weighted by molar-refractivity contribution is -0.144. The van der Waals surface area contributed by atoms with E-state index in [-0.39, 0.29) is 17.9 Å². The highest BCUT2D eigenvalue weighted by molar-refractivity contribution is 6.06. The summed E-state index contributed by atoms with van der Waals surface area (Å²) in [5.74, 6) is -6.36. The van der Waals surface area contributed by atoms with Crippen LogP contribution in [0.1, 0.15) is 5.56 Å². The molecule has 3 rings (SSSR count). The number of carboxylic acids is 1. The third-order valence-electron chi connectivity index (χ3n) is 3.65. The molecule has 1 aromatic rings. The van der Waals surface area contributed by atoms with Crippen molar-refractivity contribution in [2.75, 3.05) is 23.4 Å². The Hall–Kier alpha value is -2.71. The molecule has 2 heterocycles. The molecule has 0 saturated carbocycles. The van der Waals surface area contributed by atoms with Gasteiger partial charge in [0.1, 0.15) is 0 Å². The van der Waals surface area contributed by atoms with Gasteiger partial charge in [-0.05, 0) is 18.2 Å². The quantitative estimate of drug-likeness (QED) is 0.885. The minimum Gasteiger partial charge on any atom is -0.478 e. The monoisotopic (exact) mass is 312 g/mol. The van der Waals surface area contributed by atoms with E-state index in [1.807, 2.05) is 0 Å². The van der Waals surface area contributed by atoms with Crippen LogP contribution in [0.2, 0.25) is 0 Å². The van der Waals surface area contributed by atoms with E-state index in [4.69, 9.17) is 5.11 Å². The molecule has 1 unspecified atom stereocenters. The van der Waals surface area contributed by atoms with E-state index >= 15 is 0 Å². The second-order valence-electron chi connectivity index (χ2n) is 4.96.